The standard InChI is InChI=1S/C20H28N6O/c1-15-8-22-17(9-21-15)10-26-13-20(6-4-19(26)27)5-3-7-25(12-20)11-18-16(2)23-14-24-18/h8-9,14H,3-7,10-13H2,1-2H3,(H,23,24). The van der Waals surface area contributed by atoms with Crippen LogP contribution in [-0.4, -0.2) is 55.3 Å². The van der Waals surface area contributed by atoms with Gasteiger partial charge in [0.1, 0.15) is 0 Å². The van der Waals surface area contributed by atoms with Gasteiger partial charge in [0.05, 0.1) is 36.2 Å². The average Bonchev–Trinajstić information content (AvgIpc) is 3.05. The van der Waals surface area contributed by atoms with E-state index >= 15 is 0 Å². The van der Waals surface area contributed by atoms with Crippen LogP contribution < -0.4 is 0 Å². The predicted octanol–water partition coefficient (Wildman–Crippen LogP) is 2.22. The monoisotopic (exact) mass is 368 g/mol. The largest absolute Gasteiger partial charge is 0.348 e. The zero-order valence-electron chi connectivity index (χ0n) is 16.2. The Morgan fingerprint density at radius 2 is 2.00 bits per heavy atom. The van der Waals surface area contributed by atoms with Crippen molar-refractivity contribution in [1.82, 2.24) is 29.7 Å². The molecular weight excluding hydrogens is 340 g/mol. The molecule has 7 heteroatoms. The Labute approximate surface area is 160 Å². The van der Waals surface area contributed by atoms with Crippen molar-refractivity contribution in [3.8, 4) is 0 Å². The van der Waals surface area contributed by atoms with Crippen LogP contribution >= 0.6 is 0 Å². The summed E-state index contributed by atoms with van der Waals surface area (Å²) < 4.78 is 0. The van der Waals surface area contributed by atoms with Crippen molar-refractivity contribution in [1.29, 1.82) is 0 Å². The molecule has 144 valence electrons. The molecule has 0 aliphatic carbocycles. The number of piperidine rings is 2. The molecule has 2 fully saturated rings. The second-order valence-electron chi connectivity index (χ2n) is 8.19. The Morgan fingerprint density at radius 3 is 2.74 bits per heavy atom. The van der Waals surface area contributed by atoms with Crippen LogP contribution in [0.4, 0.5) is 0 Å². The number of aryl methyl sites for hydroxylation is 2. The number of aromatic nitrogens is 4. The van der Waals surface area contributed by atoms with Gasteiger partial charge in [-0.25, -0.2) is 4.98 Å². The van der Waals surface area contributed by atoms with Crippen LogP contribution in [0.15, 0.2) is 18.7 Å². The summed E-state index contributed by atoms with van der Waals surface area (Å²) >= 11 is 0. The van der Waals surface area contributed by atoms with Crippen molar-refractivity contribution in [2.75, 3.05) is 19.6 Å². The van der Waals surface area contributed by atoms with Crippen LogP contribution in [0.2, 0.25) is 0 Å². The van der Waals surface area contributed by atoms with Crippen molar-refractivity contribution in [3.05, 3.63) is 41.5 Å². The molecule has 7 nitrogen and oxygen atoms in total. The summed E-state index contributed by atoms with van der Waals surface area (Å²) in [5.41, 5.74) is 4.23. The molecule has 2 aromatic rings. The number of amides is 1. The number of rotatable bonds is 4. The smallest absolute Gasteiger partial charge is 0.222 e. The molecule has 1 N–H and O–H groups in total. The Bertz CT molecular complexity index is 801. The summed E-state index contributed by atoms with van der Waals surface area (Å²) in [6, 6.07) is 0. The summed E-state index contributed by atoms with van der Waals surface area (Å²) in [7, 11) is 0. The lowest BCUT2D eigenvalue weighted by Crippen LogP contribution is -2.53. The van der Waals surface area contributed by atoms with E-state index in [1.165, 1.54) is 12.8 Å². The third-order valence-corrected chi connectivity index (χ3v) is 5.98. The molecule has 2 aliphatic heterocycles. The van der Waals surface area contributed by atoms with Crippen molar-refractivity contribution < 1.29 is 4.79 Å². The molecule has 1 atom stereocenters. The molecule has 1 unspecified atom stereocenters. The maximum absolute atomic E-state index is 12.5. The van der Waals surface area contributed by atoms with Crippen molar-refractivity contribution in [2.24, 2.45) is 5.41 Å². The van der Waals surface area contributed by atoms with E-state index < -0.39 is 0 Å². The second-order valence-corrected chi connectivity index (χ2v) is 8.19. The van der Waals surface area contributed by atoms with Gasteiger partial charge in [-0.2, -0.15) is 0 Å². The Kier molecular flexibility index (Phi) is 4.95. The quantitative estimate of drug-likeness (QED) is 0.895. The summed E-state index contributed by atoms with van der Waals surface area (Å²) in [4.78, 5) is 33.4. The first-order valence-corrected chi connectivity index (χ1v) is 9.80. The minimum atomic E-state index is 0.189. The van der Waals surface area contributed by atoms with Gasteiger partial charge in [0, 0.05) is 43.4 Å². The number of H-pyrrole nitrogens is 1. The third kappa shape index (κ3) is 4.03. The highest BCUT2D eigenvalue weighted by molar-refractivity contribution is 5.77. The molecule has 1 spiro atoms. The first kappa shape index (κ1) is 18.1. The summed E-state index contributed by atoms with van der Waals surface area (Å²) in [5, 5.41) is 0. The number of carbonyl (C=O) groups is 1. The molecule has 0 bridgehead atoms. The number of hydrogen-bond acceptors (Lipinski definition) is 5. The minimum absolute atomic E-state index is 0.189. The van der Waals surface area contributed by atoms with Crippen LogP contribution in [0.25, 0.3) is 0 Å². The van der Waals surface area contributed by atoms with Crippen molar-refractivity contribution in [3.63, 3.8) is 0 Å². The first-order valence-electron chi connectivity index (χ1n) is 9.80. The Hall–Kier alpha value is -2.28. The van der Waals surface area contributed by atoms with Gasteiger partial charge in [0.2, 0.25) is 5.91 Å². The van der Waals surface area contributed by atoms with Crippen molar-refractivity contribution >= 4 is 5.91 Å². The number of hydrogen-bond donors (Lipinski definition) is 1. The maximum Gasteiger partial charge on any atom is 0.222 e. The van der Waals surface area contributed by atoms with Gasteiger partial charge < -0.3 is 9.88 Å². The topological polar surface area (TPSA) is 78.0 Å². The van der Waals surface area contributed by atoms with E-state index in [1.54, 1.807) is 18.7 Å². The lowest BCUT2D eigenvalue weighted by atomic mass is 9.73. The molecule has 2 saturated heterocycles. The van der Waals surface area contributed by atoms with E-state index in [2.05, 4.69) is 31.8 Å². The fourth-order valence-electron chi connectivity index (χ4n) is 4.48. The molecule has 0 saturated carbocycles. The van der Waals surface area contributed by atoms with Crippen LogP contribution in [-0.2, 0) is 17.9 Å². The number of carbonyl (C=O) groups excluding carboxylic acids is 1. The lowest BCUT2D eigenvalue weighted by molar-refractivity contribution is -0.140. The number of nitrogens with zero attached hydrogens (tertiary/aromatic N) is 5. The molecule has 4 heterocycles. The van der Waals surface area contributed by atoms with Gasteiger partial charge in [-0.1, -0.05) is 0 Å². The first-order chi connectivity index (χ1) is 13.0. The predicted molar refractivity (Wildman–Crippen MR) is 102 cm³/mol. The van der Waals surface area contributed by atoms with Crippen molar-refractivity contribution in [2.45, 2.75) is 52.6 Å². The van der Waals surface area contributed by atoms with Gasteiger partial charge in [0.25, 0.3) is 0 Å². The van der Waals surface area contributed by atoms with Gasteiger partial charge in [-0.15, -0.1) is 0 Å². The van der Waals surface area contributed by atoms with E-state index in [-0.39, 0.29) is 11.3 Å². The van der Waals surface area contributed by atoms with Gasteiger partial charge in [-0.3, -0.25) is 19.7 Å². The van der Waals surface area contributed by atoms with E-state index in [0.29, 0.717) is 13.0 Å². The minimum Gasteiger partial charge on any atom is -0.348 e. The number of imidazole rings is 1. The normalized spacial score (nSPS) is 23.9. The van der Waals surface area contributed by atoms with Crippen LogP contribution in [0.5, 0.6) is 0 Å². The molecular formula is C20H28N6O. The summed E-state index contributed by atoms with van der Waals surface area (Å²) in [6.45, 7) is 8.40. The molecule has 27 heavy (non-hydrogen) atoms. The van der Waals surface area contributed by atoms with Crippen LogP contribution in [0.3, 0.4) is 0 Å². The highest BCUT2D eigenvalue weighted by Gasteiger charge is 2.41. The third-order valence-electron chi connectivity index (χ3n) is 5.98. The SMILES string of the molecule is Cc1cnc(CN2CC3(CCCN(Cc4nc[nH]c4C)C3)CCC2=O)cn1. The van der Waals surface area contributed by atoms with E-state index in [4.69, 9.17) is 0 Å². The number of likely N-dealkylation sites (tertiary alicyclic amines) is 2. The lowest BCUT2D eigenvalue weighted by Gasteiger charge is -2.48. The molecule has 1 amide bonds. The van der Waals surface area contributed by atoms with E-state index in [9.17, 15) is 4.79 Å². The van der Waals surface area contributed by atoms with E-state index in [0.717, 1.165) is 55.4 Å². The average molecular weight is 368 g/mol. The maximum atomic E-state index is 12.5. The molecule has 0 aromatic carbocycles. The number of nitrogens with one attached hydrogen (secondary N) is 1. The fraction of sp³-hybridized carbons (Fsp3) is 0.600. The van der Waals surface area contributed by atoms with Crippen LogP contribution in [0.1, 0.15) is 48.5 Å². The molecule has 2 aliphatic rings. The van der Waals surface area contributed by atoms with Gasteiger partial charge in [0.15, 0.2) is 0 Å². The second kappa shape index (κ2) is 7.38. The van der Waals surface area contributed by atoms with E-state index in [1.807, 2.05) is 11.8 Å². The summed E-state index contributed by atoms with van der Waals surface area (Å²) in [5.74, 6) is 0.239. The number of aromatic amines is 1. The van der Waals surface area contributed by atoms with Gasteiger partial charge >= 0.3 is 0 Å². The van der Waals surface area contributed by atoms with Crippen LogP contribution in [0, 0.1) is 19.3 Å². The van der Waals surface area contributed by atoms with Gasteiger partial charge in [-0.05, 0) is 39.7 Å². The fourth-order valence-corrected chi connectivity index (χ4v) is 4.48. The Balaban J connectivity index is 1.44. The molecule has 0 radical (unpaired) electrons. The molecule has 2 aromatic heterocycles. The highest BCUT2D eigenvalue weighted by atomic mass is 16.2. The molecule has 4 rings (SSSR count). The highest BCUT2D eigenvalue weighted by Crippen LogP contribution is 2.39. The Morgan fingerprint density at radius 1 is 1.11 bits per heavy atom. The zero-order chi connectivity index (χ0) is 18.9. The summed E-state index contributed by atoms with van der Waals surface area (Å²) in [6.07, 6.45) is 9.31. The zero-order valence-corrected chi connectivity index (χ0v) is 16.2.